The number of amides is 1. The van der Waals surface area contributed by atoms with Crippen LogP contribution in [0.2, 0.25) is 0 Å². The monoisotopic (exact) mass is 271 g/mol. The van der Waals surface area contributed by atoms with Gasteiger partial charge in [0.05, 0.1) is 11.4 Å². The van der Waals surface area contributed by atoms with Crippen molar-refractivity contribution in [3.63, 3.8) is 0 Å². The molecular formula is C11H17N3OS2. The summed E-state index contributed by atoms with van der Waals surface area (Å²) in [7, 11) is 0. The van der Waals surface area contributed by atoms with Crippen LogP contribution in [-0.4, -0.2) is 39.3 Å². The number of carbonyl (C=O) groups is 1. The number of rotatable bonds is 1. The van der Waals surface area contributed by atoms with E-state index < -0.39 is 0 Å². The third-order valence-electron chi connectivity index (χ3n) is 2.96. The summed E-state index contributed by atoms with van der Waals surface area (Å²) >= 11 is 3.14. The summed E-state index contributed by atoms with van der Waals surface area (Å²) in [5.41, 5.74) is 7.18. The topological polar surface area (TPSA) is 59.2 Å². The average molecular weight is 271 g/mol. The summed E-state index contributed by atoms with van der Waals surface area (Å²) in [5, 5.41) is 0.633. The summed E-state index contributed by atoms with van der Waals surface area (Å²) in [5.74, 6) is 1.05. The Morgan fingerprint density at radius 2 is 2.29 bits per heavy atom. The molecule has 0 aromatic carbocycles. The molecular weight excluding hydrogens is 254 g/mol. The van der Waals surface area contributed by atoms with Gasteiger partial charge in [-0.3, -0.25) is 4.79 Å². The van der Waals surface area contributed by atoms with Gasteiger partial charge < -0.3 is 10.6 Å². The standard InChI is InChI=1S/C11H17N3OS2/c1-7-3-4-14(5-6-16-7)11(15)10-9(12)8(2)13-17-10/h7H,3-6,12H2,1-2H3. The van der Waals surface area contributed by atoms with Gasteiger partial charge in [0.25, 0.3) is 5.91 Å². The van der Waals surface area contributed by atoms with E-state index >= 15 is 0 Å². The number of nitrogens with zero attached hydrogens (tertiary/aromatic N) is 2. The van der Waals surface area contributed by atoms with E-state index in [1.807, 2.05) is 23.6 Å². The van der Waals surface area contributed by atoms with Crippen LogP contribution in [-0.2, 0) is 0 Å². The van der Waals surface area contributed by atoms with Crippen LogP contribution in [0.3, 0.4) is 0 Å². The van der Waals surface area contributed by atoms with Crippen molar-refractivity contribution in [3.8, 4) is 0 Å². The van der Waals surface area contributed by atoms with Gasteiger partial charge in [0.2, 0.25) is 0 Å². The van der Waals surface area contributed by atoms with E-state index in [1.54, 1.807) is 0 Å². The van der Waals surface area contributed by atoms with Gasteiger partial charge in [-0.05, 0) is 24.9 Å². The Kier molecular flexibility index (Phi) is 3.93. The number of carbonyl (C=O) groups excluding carboxylic acids is 1. The molecule has 2 rings (SSSR count). The summed E-state index contributed by atoms with van der Waals surface area (Å²) in [6, 6.07) is 0. The molecule has 1 amide bonds. The molecule has 1 fully saturated rings. The van der Waals surface area contributed by atoms with E-state index in [2.05, 4.69) is 11.3 Å². The number of aryl methyl sites for hydroxylation is 1. The van der Waals surface area contributed by atoms with Crippen molar-refractivity contribution >= 4 is 34.9 Å². The number of hydrogen-bond donors (Lipinski definition) is 1. The van der Waals surface area contributed by atoms with Gasteiger partial charge in [0, 0.05) is 24.1 Å². The van der Waals surface area contributed by atoms with E-state index in [-0.39, 0.29) is 5.91 Å². The maximum atomic E-state index is 12.3. The van der Waals surface area contributed by atoms with Crippen LogP contribution in [0.1, 0.15) is 28.7 Å². The van der Waals surface area contributed by atoms with Gasteiger partial charge in [-0.2, -0.15) is 16.1 Å². The Bertz CT molecular complexity index is 419. The molecule has 0 radical (unpaired) electrons. The van der Waals surface area contributed by atoms with Crippen LogP contribution in [0.15, 0.2) is 0 Å². The molecule has 1 aliphatic heterocycles. The lowest BCUT2D eigenvalue weighted by Gasteiger charge is -2.19. The average Bonchev–Trinajstić information content (AvgIpc) is 2.53. The quantitative estimate of drug-likeness (QED) is 0.848. The predicted octanol–water partition coefficient (Wildman–Crippen LogP) is 2.00. The van der Waals surface area contributed by atoms with Gasteiger partial charge in [0.15, 0.2) is 0 Å². The van der Waals surface area contributed by atoms with Crippen LogP contribution in [0.5, 0.6) is 0 Å². The molecule has 4 nitrogen and oxygen atoms in total. The first-order valence-electron chi connectivity index (χ1n) is 5.72. The van der Waals surface area contributed by atoms with E-state index in [4.69, 9.17) is 5.73 Å². The van der Waals surface area contributed by atoms with Gasteiger partial charge in [-0.25, -0.2) is 0 Å². The van der Waals surface area contributed by atoms with E-state index in [9.17, 15) is 4.79 Å². The maximum Gasteiger partial charge on any atom is 0.267 e. The van der Waals surface area contributed by atoms with Gasteiger partial charge in [0.1, 0.15) is 4.88 Å². The van der Waals surface area contributed by atoms with Crippen molar-refractivity contribution in [2.45, 2.75) is 25.5 Å². The zero-order valence-corrected chi connectivity index (χ0v) is 11.7. The summed E-state index contributed by atoms with van der Waals surface area (Å²) in [6.07, 6.45) is 1.05. The molecule has 1 atom stereocenters. The molecule has 17 heavy (non-hydrogen) atoms. The largest absolute Gasteiger partial charge is 0.396 e. The third kappa shape index (κ3) is 2.74. The highest BCUT2D eigenvalue weighted by atomic mass is 32.2. The van der Waals surface area contributed by atoms with E-state index in [1.165, 1.54) is 11.5 Å². The number of nitrogens with two attached hydrogens (primary N) is 1. The fourth-order valence-electron chi connectivity index (χ4n) is 1.77. The number of thioether (sulfide) groups is 1. The summed E-state index contributed by atoms with van der Waals surface area (Å²) in [4.78, 5) is 14.8. The predicted molar refractivity (Wildman–Crippen MR) is 73.7 cm³/mol. The molecule has 94 valence electrons. The second kappa shape index (κ2) is 5.27. The van der Waals surface area contributed by atoms with Crippen molar-refractivity contribution in [1.82, 2.24) is 9.27 Å². The van der Waals surface area contributed by atoms with Crippen molar-refractivity contribution in [3.05, 3.63) is 10.6 Å². The molecule has 0 saturated carbocycles. The molecule has 1 unspecified atom stereocenters. The minimum atomic E-state index is 0.0443. The first-order chi connectivity index (χ1) is 8.09. The molecule has 6 heteroatoms. The third-order valence-corrected chi connectivity index (χ3v) is 5.12. The van der Waals surface area contributed by atoms with E-state index in [0.29, 0.717) is 15.8 Å². The SMILES string of the molecule is Cc1nsc(C(=O)N2CCSC(C)CC2)c1N. The molecule has 2 N–H and O–H groups in total. The Hall–Kier alpha value is -0.750. The number of hydrogen-bond acceptors (Lipinski definition) is 5. The van der Waals surface area contributed by atoms with Crippen LogP contribution < -0.4 is 5.73 Å². The zero-order chi connectivity index (χ0) is 12.4. The first kappa shape index (κ1) is 12.7. The van der Waals surface area contributed by atoms with Crippen molar-refractivity contribution in [2.75, 3.05) is 24.6 Å². The van der Waals surface area contributed by atoms with Crippen LogP contribution >= 0.6 is 23.3 Å². The smallest absolute Gasteiger partial charge is 0.267 e. The Labute approximate surface area is 110 Å². The normalized spacial score (nSPS) is 21.3. The maximum absolute atomic E-state index is 12.3. The van der Waals surface area contributed by atoms with Gasteiger partial charge in [-0.1, -0.05) is 6.92 Å². The zero-order valence-electron chi connectivity index (χ0n) is 10.1. The number of anilines is 1. The second-order valence-electron chi connectivity index (χ2n) is 4.27. The second-order valence-corrected chi connectivity index (χ2v) is 6.59. The molecule has 0 bridgehead atoms. The summed E-state index contributed by atoms with van der Waals surface area (Å²) < 4.78 is 4.13. The van der Waals surface area contributed by atoms with Crippen molar-refractivity contribution in [1.29, 1.82) is 0 Å². The minimum Gasteiger partial charge on any atom is -0.396 e. The van der Waals surface area contributed by atoms with Gasteiger partial charge in [-0.15, -0.1) is 0 Å². The Morgan fingerprint density at radius 3 is 2.94 bits per heavy atom. The lowest BCUT2D eigenvalue weighted by molar-refractivity contribution is 0.0773. The van der Waals surface area contributed by atoms with Gasteiger partial charge >= 0.3 is 0 Å². The number of nitrogen functional groups attached to an aromatic ring is 1. The highest BCUT2D eigenvalue weighted by Crippen LogP contribution is 2.25. The molecule has 0 aliphatic carbocycles. The van der Waals surface area contributed by atoms with Crippen LogP contribution in [0.25, 0.3) is 0 Å². The molecule has 1 aromatic rings. The highest BCUT2D eigenvalue weighted by Gasteiger charge is 2.23. The molecule has 0 spiro atoms. The lowest BCUT2D eigenvalue weighted by Crippen LogP contribution is -2.33. The fraction of sp³-hybridized carbons (Fsp3) is 0.636. The molecule has 1 aromatic heterocycles. The summed E-state index contributed by atoms with van der Waals surface area (Å²) in [6.45, 7) is 5.68. The molecule has 1 aliphatic rings. The first-order valence-corrected chi connectivity index (χ1v) is 7.54. The van der Waals surface area contributed by atoms with E-state index in [0.717, 1.165) is 31.0 Å². The van der Waals surface area contributed by atoms with Crippen molar-refractivity contribution < 1.29 is 4.79 Å². The molecule has 2 heterocycles. The fourth-order valence-corrected chi connectivity index (χ4v) is 3.55. The Balaban J connectivity index is 2.12. The van der Waals surface area contributed by atoms with Crippen LogP contribution in [0, 0.1) is 6.92 Å². The Morgan fingerprint density at radius 1 is 1.53 bits per heavy atom. The lowest BCUT2D eigenvalue weighted by atomic mass is 10.2. The van der Waals surface area contributed by atoms with Crippen LogP contribution in [0.4, 0.5) is 5.69 Å². The minimum absolute atomic E-state index is 0.0443. The highest BCUT2D eigenvalue weighted by molar-refractivity contribution is 7.99. The molecule has 1 saturated heterocycles. The number of aromatic nitrogens is 1. The van der Waals surface area contributed by atoms with Crippen molar-refractivity contribution in [2.24, 2.45) is 0 Å².